The van der Waals surface area contributed by atoms with E-state index in [1.165, 1.54) is 6.07 Å². The number of hydrogen-bond donors (Lipinski definition) is 3. The van der Waals surface area contributed by atoms with E-state index in [1.807, 2.05) is 0 Å². The SMILES string of the molecule is N=C(C(=O)N=O)c1ccccc1NCCO. The first-order chi connectivity index (χ1) is 7.70. The molecule has 0 saturated carbocycles. The Morgan fingerprint density at radius 3 is 2.75 bits per heavy atom. The van der Waals surface area contributed by atoms with Crippen LogP contribution in [-0.4, -0.2) is 29.9 Å². The molecule has 0 heterocycles. The van der Waals surface area contributed by atoms with Gasteiger partial charge in [-0.25, -0.2) is 0 Å². The predicted molar refractivity (Wildman–Crippen MR) is 59.6 cm³/mol. The maximum Gasteiger partial charge on any atom is 0.334 e. The Balaban J connectivity index is 2.98. The van der Waals surface area contributed by atoms with E-state index < -0.39 is 11.6 Å². The Hall–Kier alpha value is -2.08. The molecule has 0 aliphatic heterocycles. The lowest BCUT2D eigenvalue weighted by Gasteiger charge is -2.09. The van der Waals surface area contributed by atoms with E-state index >= 15 is 0 Å². The smallest absolute Gasteiger partial charge is 0.334 e. The third-order valence-electron chi connectivity index (χ3n) is 1.92. The van der Waals surface area contributed by atoms with Crippen molar-refractivity contribution in [1.82, 2.24) is 0 Å². The first kappa shape index (κ1) is 12.0. The first-order valence-corrected chi connectivity index (χ1v) is 4.61. The monoisotopic (exact) mass is 221 g/mol. The number of nitrogens with one attached hydrogen (secondary N) is 2. The summed E-state index contributed by atoms with van der Waals surface area (Å²) in [6, 6.07) is 6.55. The van der Waals surface area contributed by atoms with Crippen LogP contribution in [0.15, 0.2) is 29.4 Å². The fourth-order valence-electron chi connectivity index (χ4n) is 1.21. The number of nitrogens with zero attached hydrogens (tertiary/aromatic N) is 1. The fourth-order valence-corrected chi connectivity index (χ4v) is 1.21. The van der Waals surface area contributed by atoms with Gasteiger partial charge in [-0.05, 0) is 6.07 Å². The van der Waals surface area contributed by atoms with E-state index in [-0.39, 0.29) is 6.61 Å². The van der Waals surface area contributed by atoms with Crippen molar-refractivity contribution in [3.05, 3.63) is 34.7 Å². The van der Waals surface area contributed by atoms with Gasteiger partial charge >= 0.3 is 5.91 Å². The van der Waals surface area contributed by atoms with Gasteiger partial charge in [-0.2, -0.15) is 0 Å². The molecule has 1 amide bonds. The molecule has 0 unspecified atom stereocenters. The molecule has 0 aliphatic carbocycles. The second-order valence-corrected chi connectivity index (χ2v) is 2.97. The number of nitroso groups, excluding NO2 is 1. The Morgan fingerprint density at radius 1 is 1.44 bits per heavy atom. The Kier molecular flexibility index (Phi) is 4.28. The van der Waals surface area contributed by atoms with Gasteiger partial charge in [0.2, 0.25) is 0 Å². The van der Waals surface area contributed by atoms with Crippen LogP contribution in [0.5, 0.6) is 0 Å². The van der Waals surface area contributed by atoms with Gasteiger partial charge in [0.1, 0.15) is 5.71 Å². The zero-order valence-electron chi connectivity index (χ0n) is 8.43. The van der Waals surface area contributed by atoms with Gasteiger partial charge < -0.3 is 10.4 Å². The van der Waals surface area contributed by atoms with Crippen LogP contribution in [0.2, 0.25) is 0 Å². The molecule has 84 valence electrons. The molecule has 1 aromatic rings. The van der Waals surface area contributed by atoms with E-state index in [4.69, 9.17) is 10.5 Å². The van der Waals surface area contributed by atoms with Crippen molar-refractivity contribution in [2.24, 2.45) is 5.18 Å². The summed E-state index contributed by atoms with van der Waals surface area (Å²) in [5.41, 5.74) is 0.343. The lowest BCUT2D eigenvalue weighted by atomic mass is 10.1. The van der Waals surface area contributed by atoms with E-state index in [0.717, 1.165) is 0 Å². The van der Waals surface area contributed by atoms with Gasteiger partial charge in [-0.1, -0.05) is 18.2 Å². The van der Waals surface area contributed by atoms with E-state index in [1.54, 1.807) is 18.2 Å². The molecular weight excluding hydrogens is 210 g/mol. The molecule has 0 aliphatic rings. The van der Waals surface area contributed by atoms with Gasteiger partial charge in [-0.15, -0.1) is 4.91 Å². The minimum Gasteiger partial charge on any atom is -0.395 e. The molecule has 0 spiro atoms. The highest BCUT2D eigenvalue weighted by Crippen LogP contribution is 2.15. The zero-order chi connectivity index (χ0) is 12.0. The van der Waals surface area contributed by atoms with Crippen LogP contribution < -0.4 is 5.32 Å². The first-order valence-electron chi connectivity index (χ1n) is 4.61. The lowest BCUT2D eigenvalue weighted by molar-refractivity contribution is -0.111. The summed E-state index contributed by atoms with van der Waals surface area (Å²) in [6.45, 7) is 0.231. The number of carbonyl (C=O) groups excluding carboxylic acids is 1. The summed E-state index contributed by atoms with van der Waals surface area (Å²) in [4.78, 5) is 21.0. The number of hydrogen-bond acceptors (Lipinski definition) is 5. The maximum atomic E-state index is 11.0. The van der Waals surface area contributed by atoms with E-state index in [9.17, 15) is 9.70 Å². The van der Waals surface area contributed by atoms with E-state index in [2.05, 4.69) is 10.5 Å². The number of aliphatic hydroxyl groups is 1. The molecule has 0 radical (unpaired) electrons. The average molecular weight is 221 g/mol. The van der Waals surface area contributed by atoms with Crippen LogP contribution in [0, 0.1) is 10.3 Å². The van der Waals surface area contributed by atoms with Crippen LogP contribution in [0.4, 0.5) is 5.69 Å². The number of anilines is 1. The van der Waals surface area contributed by atoms with Crippen molar-refractivity contribution in [2.75, 3.05) is 18.5 Å². The van der Waals surface area contributed by atoms with Gasteiger partial charge in [0.15, 0.2) is 0 Å². The molecule has 3 N–H and O–H groups in total. The quantitative estimate of drug-likeness (QED) is 0.504. The van der Waals surface area contributed by atoms with E-state index in [0.29, 0.717) is 17.8 Å². The third kappa shape index (κ3) is 2.71. The second kappa shape index (κ2) is 5.72. The van der Waals surface area contributed by atoms with Crippen molar-refractivity contribution >= 4 is 17.3 Å². The Morgan fingerprint density at radius 2 is 2.12 bits per heavy atom. The van der Waals surface area contributed by atoms with Crippen molar-refractivity contribution < 1.29 is 9.90 Å². The highest BCUT2D eigenvalue weighted by Gasteiger charge is 2.15. The number of aliphatic hydroxyl groups excluding tert-OH is 1. The number of rotatable bonds is 5. The van der Waals surface area contributed by atoms with Crippen LogP contribution in [0.25, 0.3) is 0 Å². The Bertz CT molecular complexity index is 418. The molecule has 0 atom stereocenters. The topological polar surface area (TPSA) is 103 Å². The fraction of sp³-hybridized carbons (Fsp3) is 0.200. The summed E-state index contributed by atoms with van der Waals surface area (Å²) >= 11 is 0. The molecule has 0 fully saturated rings. The molecule has 16 heavy (non-hydrogen) atoms. The number of para-hydroxylation sites is 1. The average Bonchev–Trinajstić information content (AvgIpc) is 2.34. The van der Waals surface area contributed by atoms with Gasteiger partial charge in [-0.3, -0.25) is 10.2 Å². The maximum absolute atomic E-state index is 11.0. The normalized spacial score (nSPS) is 9.56. The number of carbonyl (C=O) groups is 1. The number of benzene rings is 1. The standard InChI is InChI=1S/C10H11N3O3/c11-9(10(15)13-16)7-3-1-2-4-8(7)12-5-6-14/h1-4,11-12,14H,5-6H2. The second-order valence-electron chi connectivity index (χ2n) is 2.97. The molecule has 0 saturated heterocycles. The molecule has 6 heteroatoms. The molecule has 1 aromatic carbocycles. The highest BCUT2D eigenvalue weighted by molar-refractivity contribution is 6.45. The summed E-state index contributed by atoms with van der Waals surface area (Å²) in [7, 11) is 0. The van der Waals surface area contributed by atoms with Crippen LogP contribution in [0.1, 0.15) is 5.56 Å². The van der Waals surface area contributed by atoms with Crippen LogP contribution in [-0.2, 0) is 4.79 Å². The molecule has 0 bridgehead atoms. The molecular formula is C10H11N3O3. The Labute approximate surface area is 91.8 Å². The van der Waals surface area contributed by atoms with Crippen molar-refractivity contribution in [3.63, 3.8) is 0 Å². The molecule has 1 rings (SSSR count). The largest absolute Gasteiger partial charge is 0.395 e. The molecule has 0 aromatic heterocycles. The van der Waals surface area contributed by atoms with Crippen molar-refractivity contribution in [3.8, 4) is 0 Å². The van der Waals surface area contributed by atoms with Gasteiger partial charge in [0.25, 0.3) is 0 Å². The highest BCUT2D eigenvalue weighted by atomic mass is 16.3. The summed E-state index contributed by atoms with van der Waals surface area (Å²) in [5.74, 6) is -1.11. The minimum absolute atomic E-state index is 0.0679. The van der Waals surface area contributed by atoms with Crippen LogP contribution >= 0.6 is 0 Å². The van der Waals surface area contributed by atoms with Gasteiger partial charge in [0, 0.05) is 23.0 Å². The number of amides is 1. The minimum atomic E-state index is -1.11. The van der Waals surface area contributed by atoms with Gasteiger partial charge in [0.05, 0.1) is 6.61 Å². The predicted octanol–water partition coefficient (Wildman–Crippen LogP) is 0.752. The zero-order valence-corrected chi connectivity index (χ0v) is 8.43. The lowest BCUT2D eigenvalue weighted by Crippen LogP contribution is -2.15. The van der Waals surface area contributed by atoms with Crippen molar-refractivity contribution in [1.29, 1.82) is 5.41 Å². The third-order valence-corrected chi connectivity index (χ3v) is 1.92. The van der Waals surface area contributed by atoms with Crippen LogP contribution in [0.3, 0.4) is 0 Å². The summed E-state index contributed by atoms with van der Waals surface area (Å²) < 4.78 is 0. The summed E-state index contributed by atoms with van der Waals surface area (Å²) in [6.07, 6.45) is 0. The summed E-state index contributed by atoms with van der Waals surface area (Å²) in [5, 5.41) is 21.2. The molecule has 6 nitrogen and oxygen atoms in total. The van der Waals surface area contributed by atoms with Crippen molar-refractivity contribution in [2.45, 2.75) is 0 Å².